The highest BCUT2D eigenvalue weighted by molar-refractivity contribution is 6.05. The Bertz CT molecular complexity index is 1090. The fourth-order valence-electron chi connectivity index (χ4n) is 2.99. The first-order chi connectivity index (χ1) is 14.6. The van der Waals surface area contributed by atoms with E-state index in [9.17, 15) is 14.4 Å². The van der Waals surface area contributed by atoms with Gasteiger partial charge in [-0.2, -0.15) is 0 Å². The van der Waals surface area contributed by atoms with Crippen LogP contribution in [0.25, 0.3) is 22.2 Å². The summed E-state index contributed by atoms with van der Waals surface area (Å²) in [7, 11) is 0. The van der Waals surface area contributed by atoms with Crippen LogP contribution in [0.2, 0.25) is 0 Å². The molecule has 0 fully saturated rings. The normalized spacial score (nSPS) is 11.0. The van der Waals surface area contributed by atoms with E-state index >= 15 is 0 Å². The average Bonchev–Trinajstić information content (AvgIpc) is 2.90. The Hall–Kier alpha value is -3.74. The van der Waals surface area contributed by atoms with Crippen molar-refractivity contribution in [3.8, 4) is 11.3 Å². The number of hydrogen-bond donors (Lipinski definition) is 3. The second-order valence-electron chi connectivity index (χ2n) is 7.57. The number of benzene rings is 1. The molecule has 1 aromatic rings. The molecule has 7 heteroatoms. The molecule has 1 aliphatic heterocycles. The zero-order chi connectivity index (χ0) is 23.1. The fraction of sp³-hybridized carbons (Fsp3) is 0.250. The van der Waals surface area contributed by atoms with Crippen LogP contribution in [0.3, 0.4) is 0 Å². The first-order valence-electron chi connectivity index (χ1n) is 9.87. The van der Waals surface area contributed by atoms with E-state index in [1.54, 1.807) is 0 Å². The summed E-state index contributed by atoms with van der Waals surface area (Å²) in [5.41, 5.74) is 4.66. The molecule has 1 heterocycles. The van der Waals surface area contributed by atoms with Gasteiger partial charge in [-0.05, 0) is 26.0 Å². The van der Waals surface area contributed by atoms with Gasteiger partial charge < -0.3 is 15.5 Å². The van der Waals surface area contributed by atoms with E-state index in [1.165, 1.54) is 0 Å². The maximum atomic E-state index is 12.3. The van der Waals surface area contributed by atoms with Gasteiger partial charge in [0.2, 0.25) is 0 Å². The van der Waals surface area contributed by atoms with E-state index in [0.29, 0.717) is 18.2 Å². The quantitative estimate of drug-likeness (QED) is 0.389. The van der Waals surface area contributed by atoms with Crippen LogP contribution in [-0.2, 0) is 9.59 Å². The zero-order valence-corrected chi connectivity index (χ0v) is 17.9. The number of carbonyl (C=O) groups is 3. The van der Waals surface area contributed by atoms with Crippen LogP contribution in [0.4, 0.5) is 5.69 Å². The molecule has 1 aromatic carbocycles. The van der Waals surface area contributed by atoms with Crippen molar-refractivity contribution in [2.24, 2.45) is 5.92 Å². The molecule has 1 aliphatic carbocycles. The van der Waals surface area contributed by atoms with Crippen molar-refractivity contribution in [2.75, 3.05) is 5.32 Å². The Balaban J connectivity index is 0.000000366. The summed E-state index contributed by atoms with van der Waals surface area (Å²) in [6, 6.07) is 14.3. The van der Waals surface area contributed by atoms with E-state index in [0.717, 1.165) is 33.4 Å². The smallest absolute Gasteiger partial charge is 0.328 e. The van der Waals surface area contributed by atoms with Gasteiger partial charge in [0.25, 0.3) is 0 Å². The molecule has 0 atom stereocenters. The van der Waals surface area contributed by atoms with Crippen molar-refractivity contribution in [2.45, 2.75) is 33.7 Å². The maximum absolute atomic E-state index is 12.3. The maximum Gasteiger partial charge on any atom is 0.328 e. The van der Waals surface area contributed by atoms with Gasteiger partial charge in [0.1, 0.15) is 0 Å². The van der Waals surface area contributed by atoms with Crippen molar-refractivity contribution in [3.05, 3.63) is 60.2 Å². The van der Waals surface area contributed by atoms with Crippen LogP contribution in [0.1, 0.15) is 38.1 Å². The number of anilines is 1. The van der Waals surface area contributed by atoms with Crippen LogP contribution in [0, 0.1) is 5.92 Å². The lowest BCUT2D eigenvalue weighted by Gasteiger charge is -2.10. The van der Waals surface area contributed by atoms with Crippen LogP contribution in [0.15, 0.2) is 54.6 Å². The number of nitrogens with one attached hydrogen (secondary N) is 1. The van der Waals surface area contributed by atoms with Gasteiger partial charge in [-0.3, -0.25) is 4.79 Å². The Morgan fingerprint density at radius 2 is 1.55 bits per heavy atom. The Morgan fingerprint density at radius 3 is 2.10 bits per heavy atom. The highest BCUT2D eigenvalue weighted by Gasteiger charge is 2.16. The molecule has 31 heavy (non-hydrogen) atoms. The number of ketones is 1. The van der Waals surface area contributed by atoms with Crippen LogP contribution >= 0.6 is 0 Å². The van der Waals surface area contributed by atoms with Crippen molar-refractivity contribution < 1.29 is 24.6 Å². The van der Waals surface area contributed by atoms with Crippen molar-refractivity contribution in [1.82, 2.24) is 4.98 Å². The zero-order valence-electron chi connectivity index (χ0n) is 17.9. The molecular weight excluding hydrogens is 396 g/mol. The first-order valence-corrected chi connectivity index (χ1v) is 9.87. The van der Waals surface area contributed by atoms with Gasteiger partial charge >= 0.3 is 11.9 Å². The predicted octanol–water partition coefficient (Wildman–Crippen LogP) is 4.71. The number of carboxylic acid groups (broad SMARTS) is 2. The standard InChI is InChI=1S/C20H22N2O.C4H4O4/c1-12(2)20(23)14-7-5-8-15-16-9-6-10-17(21-13(3)4)19(16)22-18(15)11-14;5-3(6)1-2-4(7)8/h5-13,21H,1-4H3;1-2H,(H,5,6)(H,7,8)/b;2-1+. The third kappa shape index (κ3) is 6.37. The number of nitrogens with zero attached hydrogens (tertiary/aromatic N) is 1. The van der Waals surface area contributed by atoms with Crippen molar-refractivity contribution in [1.29, 1.82) is 0 Å². The number of carboxylic acids is 2. The highest BCUT2D eigenvalue weighted by atomic mass is 16.4. The summed E-state index contributed by atoms with van der Waals surface area (Å²) in [5, 5.41) is 20.2. The monoisotopic (exact) mass is 422 g/mol. The lowest BCUT2D eigenvalue weighted by molar-refractivity contribution is -0.134. The molecule has 0 bridgehead atoms. The average molecular weight is 422 g/mol. The number of para-hydroxylation sites is 1. The van der Waals surface area contributed by atoms with E-state index < -0.39 is 11.9 Å². The number of carbonyl (C=O) groups excluding carboxylic acids is 1. The molecular formula is C24H26N2O5. The third-order valence-corrected chi connectivity index (χ3v) is 4.29. The fourth-order valence-corrected chi connectivity index (χ4v) is 2.99. The molecule has 0 radical (unpaired) electrons. The predicted molar refractivity (Wildman–Crippen MR) is 121 cm³/mol. The second kappa shape index (κ2) is 10.3. The van der Waals surface area contributed by atoms with Crippen LogP contribution < -0.4 is 5.32 Å². The minimum absolute atomic E-state index is 0.0185. The lowest BCUT2D eigenvalue weighted by Crippen LogP contribution is -2.09. The third-order valence-electron chi connectivity index (χ3n) is 4.29. The van der Waals surface area contributed by atoms with Gasteiger partial charge in [0, 0.05) is 40.6 Å². The van der Waals surface area contributed by atoms with Crippen LogP contribution in [0.5, 0.6) is 0 Å². The number of aromatic nitrogens is 1. The molecule has 0 unspecified atom stereocenters. The molecule has 2 aliphatic rings. The molecule has 0 amide bonds. The van der Waals surface area contributed by atoms with Gasteiger partial charge in [0.05, 0.1) is 16.9 Å². The minimum Gasteiger partial charge on any atom is -0.478 e. The molecule has 7 nitrogen and oxygen atoms in total. The largest absolute Gasteiger partial charge is 0.478 e. The molecule has 0 spiro atoms. The van der Waals surface area contributed by atoms with Crippen molar-refractivity contribution in [3.63, 3.8) is 0 Å². The van der Waals surface area contributed by atoms with E-state index in [4.69, 9.17) is 15.2 Å². The first kappa shape index (κ1) is 23.5. The van der Waals surface area contributed by atoms with Gasteiger partial charge in [0.15, 0.2) is 5.78 Å². The number of Topliss-reactive ketones (excluding diaryl/α,β-unsaturated/α-hetero) is 1. The summed E-state index contributed by atoms with van der Waals surface area (Å²) in [6.45, 7) is 8.07. The highest BCUT2D eigenvalue weighted by Crippen LogP contribution is 2.35. The Labute approximate surface area is 180 Å². The Kier molecular flexibility index (Phi) is 7.85. The molecule has 162 valence electrons. The second-order valence-corrected chi connectivity index (χ2v) is 7.57. The summed E-state index contributed by atoms with van der Waals surface area (Å²) in [6.07, 6.45) is 1.12. The van der Waals surface area contributed by atoms with Gasteiger partial charge in [-0.15, -0.1) is 0 Å². The number of hydrogen-bond acceptors (Lipinski definition) is 5. The summed E-state index contributed by atoms with van der Waals surface area (Å²) in [5.74, 6) is -2.38. The number of fused-ring (bicyclic) bond motifs is 3. The lowest BCUT2D eigenvalue weighted by atomic mass is 10.0. The van der Waals surface area contributed by atoms with E-state index in [-0.39, 0.29) is 11.7 Å². The van der Waals surface area contributed by atoms with E-state index in [2.05, 4.69) is 25.2 Å². The van der Waals surface area contributed by atoms with E-state index in [1.807, 2.05) is 50.2 Å². The molecule has 0 saturated carbocycles. The van der Waals surface area contributed by atoms with Gasteiger partial charge in [-0.1, -0.05) is 44.2 Å². The topological polar surface area (TPSA) is 117 Å². The summed E-state index contributed by atoms with van der Waals surface area (Å²) >= 11 is 0. The minimum atomic E-state index is -1.26. The van der Waals surface area contributed by atoms with Crippen LogP contribution in [-0.4, -0.2) is 39.0 Å². The molecule has 3 N–H and O–H groups in total. The number of rotatable bonds is 6. The molecule has 0 aromatic heterocycles. The van der Waals surface area contributed by atoms with Gasteiger partial charge in [-0.25, -0.2) is 14.6 Å². The van der Waals surface area contributed by atoms with Crippen molar-refractivity contribution >= 4 is 34.3 Å². The summed E-state index contributed by atoms with van der Waals surface area (Å²) < 4.78 is 0. The SMILES string of the molecule is CC(C)Nc1cccc2c3cccc(C(=O)C(C)C)cc-3nc12.O=C(O)/C=C/C(=O)O. The number of aliphatic carboxylic acids is 2. The molecule has 3 rings (SSSR count). The Morgan fingerprint density at radius 1 is 0.935 bits per heavy atom. The molecule has 0 saturated heterocycles. The summed E-state index contributed by atoms with van der Waals surface area (Å²) in [4.78, 5) is 36.2.